The summed E-state index contributed by atoms with van der Waals surface area (Å²) in [6, 6.07) is 6.28. The first-order valence-corrected chi connectivity index (χ1v) is 6.78. The zero-order chi connectivity index (χ0) is 11.4. The van der Waals surface area contributed by atoms with Crippen LogP contribution in [0.2, 0.25) is 0 Å². The maximum absolute atomic E-state index is 4.33. The lowest BCUT2D eigenvalue weighted by molar-refractivity contribution is 0.670. The molecule has 0 spiro atoms. The minimum absolute atomic E-state index is 0.934. The van der Waals surface area contributed by atoms with Crippen LogP contribution < -0.4 is 5.32 Å². The topological polar surface area (TPSA) is 29.9 Å². The van der Waals surface area contributed by atoms with Crippen molar-refractivity contribution in [2.24, 2.45) is 7.05 Å². The van der Waals surface area contributed by atoms with Gasteiger partial charge in [0.05, 0.1) is 9.48 Å². The van der Waals surface area contributed by atoms with Gasteiger partial charge in [0.1, 0.15) is 0 Å². The van der Waals surface area contributed by atoms with Crippen LogP contribution in [-0.2, 0) is 20.0 Å². The molecule has 5 heteroatoms. The van der Waals surface area contributed by atoms with E-state index in [9.17, 15) is 0 Å². The minimum Gasteiger partial charge on any atom is -0.311 e. The molecule has 0 amide bonds. The van der Waals surface area contributed by atoms with Crippen molar-refractivity contribution < 1.29 is 0 Å². The average Bonchev–Trinajstić information content (AvgIpc) is 2.83. The monoisotopic (exact) mass is 299 g/mol. The second-order valence-electron chi connectivity index (χ2n) is 3.61. The minimum atomic E-state index is 0.934. The van der Waals surface area contributed by atoms with Crippen LogP contribution in [0, 0.1) is 0 Å². The standard InChI is InChI=1S/C11H14BrN3S/c1-15-7-5-9(14-15)4-6-13-8-10-2-3-11(12)16-10/h2-3,5,7,13H,4,6,8H2,1H3. The van der Waals surface area contributed by atoms with E-state index in [1.165, 1.54) is 8.66 Å². The summed E-state index contributed by atoms with van der Waals surface area (Å²) in [5.74, 6) is 0. The molecule has 86 valence electrons. The Kier molecular flexibility index (Phi) is 4.15. The van der Waals surface area contributed by atoms with Gasteiger partial charge in [0.2, 0.25) is 0 Å². The van der Waals surface area contributed by atoms with Gasteiger partial charge in [-0.1, -0.05) is 0 Å². The maximum Gasteiger partial charge on any atom is 0.0701 e. The lowest BCUT2D eigenvalue weighted by Gasteiger charge is -2.00. The summed E-state index contributed by atoms with van der Waals surface area (Å²) in [5, 5.41) is 7.74. The van der Waals surface area contributed by atoms with Gasteiger partial charge in [0.15, 0.2) is 0 Å². The first kappa shape index (κ1) is 11.8. The Morgan fingerprint density at radius 1 is 1.44 bits per heavy atom. The maximum atomic E-state index is 4.33. The molecule has 0 aliphatic rings. The van der Waals surface area contributed by atoms with Gasteiger partial charge in [-0.2, -0.15) is 5.10 Å². The fraction of sp³-hybridized carbons (Fsp3) is 0.364. The Hall–Kier alpha value is -0.650. The lowest BCUT2D eigenvalue weighted by Crippen LogP contribution is -2.16. The molecule has 2 aromatic rings. The van der Waals surface area contributed by atoms with Crippen LogP contribution >= 0.6 is 27.3 Å². The highest BCUT2D eigenvalue weighted by Gasteiger charge is 1.98. The predicted molar refractivity (Wildman–Crippen MR) is 70.6 cm³/mol. The molecular formula is C11H14BrN3S. The summed E-state index contributed by atoms with van der Waals surface area (Å²) in [6.07, 6.45) is 2.96. The Morgan fingerprint density at radius 2 is 2.31 bits per heavy atom. The molecule has 16 heavy (non-hydrogen) atoms. The van der Waals surface area contributed by atoms with Gasteiger partial charge in [-0.25, -0.2) is 0 Å². The van der Waals surface area contributed by atoms with Gasteiger partial charge in [0.25, 0.3) is 0 Å². The van der Waals surface area contributed by atoms with Gasteiger partial charge < -0.3 is 5.32 Å². The van der Waals surface area contributed by atoms with Crippen molar-refractivity contribution in [3.05, 3.63) is 38.8 Å². The van der Waals surface area contributed by atoms with E-state index in [-0.39, 0.29) is 0 Å². The van der Waals surface area contributed by atoms with E-state index in [4.69, 9.17) is 0 Å². The van der Waals surface area contributed by atoms with Crippen molar-refractivity contribution in [1.29, 1.82) is 0 Å². The Labute approximate surface area is 108 Å². The number of nitrogens with one attached hydrogen (secondary N) is 1. The Bertz CT molecular complexity index is 407. The molecule has 2 rings (SSSR count). The molecule has 1 N–H and O–H groups in total. The number of nitrogens with zero attached hydrogens (tertiary/aromatic N) is 2. The summed E-state index contributed by atoms with van der Waals surface area (Å²) < 4.78 is 3.03. The average molecular weight is 300 g/mol. The van der Waals surface area contributed by atoms with Crippen LogP contribution in [0.3, 0.4) is 0 Å². The molecule has 0 aliphatic heterocycles. The molecule has 0 radical (unpaired) electrons. The summed E-state index contributed by atoms with van der Waals surface area (Å²) in [7, 11) is 1.94. The van der Waals surface area contributed by atoms with E-state index in [0.29, 0.717) is 0 Å². The molecule has 0 bridgehead atoms. The SMILES string of the molecule is Cn1ccc(CCNCc2ccc(Br)s2)n1. The van der Waals surface area contributed by atoms with Crippen LogP contribution in [0.1, 0.15) is 10.6 Å². The molecule has 0 aromatic carbocycles. The molecule has 0 saturated heterocycles. The van der Waals surface area contributed by atoms with Crippen LogP contribution in [0.25, 0.3) is 0 Å². The fourth-order valence-electron chi connectivity index (χ4n) is 1.47. The van der Waals surface area contributed by atoms with Crippen molar-refractivity contribution in [3.63, 3.8) is 0 Å². The third kappa shape index (κ3) is 3.43. The quantitative estimate of drug-likeness (QED) is 0.860. The van der Waals surface area contributed by atoms with Crippen molar-refractivity contribution in [3.8, 4) is 0 Å². The lowest BCUT2D eigenvalue weighted by atomic mass is 10.3. The molecular weight excluding hydrogens is 286 g/mol. The van der Waals surface area contributed by atoms with E-state index in [1.54, 1.807) is 11.3 Å². The smallest absolute Gasteiger partial charge is 0.0701 e. The van der Waals surface area contributed by atoms with Gasteiger partial charge >= 0.3 is 0 Å². The molecule has 2 aromatic heterocycles. The van der Waals surface area contributed by atoms with Gasteiger partial charge in [0, 0.05) is 37.6 Å². The van der Waals surface area contributed by atoms with Crippen LogP contribution in [0.15, 0.2) is 28.2 Å². The van der Waals surface area contributed by atoms with Crippen molar-refractivity contribution in [2.45, 2.75) is 13.0 Å². The van der Waals surface area contributed by atoms with Gasteiger partial charge in [-0.05, 0) is 34.1 Å². The van der Waals surface area contributed by atoms with E-state index in [0.717, 1.165) is 25.2 Å². The molecule has 0 aliphatic carbocycles. The van der Waals surface area contributed by atoms with Crippen LogP contribution in [0.4, 0.5) is 0 Å². The zero-order valence-electron chi connectivity index (χ0n) is 9.11. The largest absolute Gasteiger partial charge is 0.311 e. The summed E-state index contributed by atoms with van der Waals surface area (Å²) in [6.45, 7) is 1.90. The Morgan fingerprint density at radius 3 is 2.94 bits per heavy atom. The third-order valence-electron chi connectivity index (χ3n) is 2.25. The third-order valence-corrected chi connectivity index (χ3v) is 3.88. The van der Waals surface area contributed by atoms with Crippen molar-refractivity contribution in [1.82, 2.24) is 15.1 Å². The van der Waals surface area contributed by atoms with E-state index >= 15 is 0 Å². The summed E-state index contributed by atoms with van der Waals surface area (Å²) in [4.78, 5) is 1.35. The highest BCUT2D eigenvalue weighted by Crippen LogP contribution is 2.21. The number of hydrogen-bond donors (Lipinski definition) is 1. The number of hydrogen-bond acceptors (Lipinski definition) is 3. The van der Waals surface area contributed by atoms with E-state index in [2.05, 4.69) is 44.5 Å². The number of aromatic nitrogens is 2. The van der Waals surface area contributed by atoms with Gasteiger partial charge in [-0.15, -0.1) is 11.3 Å². The molecule has 0 saturated carbocycles. The summed E-state index contributed by atoms with van der Waals surface area (Å²) in [5.41, 5.74) is 1.14. The second-order valence-corrected chi connectivity index (χ2v) is 6.16. The molecule has 0 unspecified atom stereocenters. The van der Waals surface area contributed by atoms with E-state index in [1.807, 2.05) is 17.9 Å². The van der Waals surface area contributed by atoms with Crippen LogP contribution in [0.5, 0.6) is 0 Å². The number of thiophene rings is 1. The first-order chi connectivity index (χ1) is 7.74. The second kappa shape index (κ2) is 5.61. The van der Waals surface area contributed by atoms with E-state index < -0.39 is 0 Å². The highest BCUT2D eigenvalue weighted by atomic mass is 79.9. The number of halogens is 1. The number of rotatable bonds is 5. The Balaban J connectivity index is 1.69. The predicted octanol–water partition coefficient (Wildman–Crippen LogP) is 2.58. The first-order valence-electron chi connectivity index (χ1n) is 5.17. The normalized spacial score (nSPS) is 10.9. The molecule has 2 heterocycles. The highest BCUT2D eigenvalue weighted by molar-refractivity contribution is 9.11. The molecule has 3 nitrogen and oxygen atoms in total. The molecule has 0 fully saturated rings. The van der Waals surface area contributed by atoms with Gasteiger partial charge in [-0.3, -0.25) is 4.68 Å². The zero-order valence-corrected chi connectivity index (χ0v) is 11.5. The van der Waals surface area contributed by atoms with Crippen molar-refractivity contribution in [2.75, 3.05) is 6.54 Å². The van der Waals surface area contributed by atoms with Crippen LogP contribution in [-0.4, -0.2) is 16.3 Å². The number of aryl methyl sites for hydroxylation is 1. The molecule has 0 atom stereocenters. The summed E-state index contributed by atoms with van der Waals surface area (Å²) >= 11 is 5.23. The van der Waals surface area contributed by atoms with Crippen molar-refractivity contribution >= 4 is 27.3 Å². The fourth-order valence-corrected chi connectivity index (χ4v) is 2.92.